The Hall–Kier alpha value is -0.780. The molecule has 0 heteroatoms. The minimum absolute atomic E-state index is 0.612. The quantitative estimate of drug-likeness (QED) is 0.400. The van der Waals surface area contributed by atoms with Gasteiger partial charge in [0.1, 0.15) is 0 Å². The molecule has 0 aromatic carbocycles. The Morgan fingerprint density at radius 1 is 0.950 bits per heavy atom. The zero-order valence-corrected chi connectivity index (χ0v) is 14.9. The molecule has 0 bridgehead atoms. The van der Waals surface area contributed by atoms with Gasteiger partial charge in [0.05, 0.1) is 0 Å². The first-order valence-corrected chi connectivity index (χ1v) is 8.47. The smallest absolute Gasteiger partial charge is 0.0222 e. The molecule has 0 atom stereocenters. The highest BCUT2D eigenvalue weighted by molar-refractivity contribution is 5.25. The van der Waals surface area contributed by atoms with Crippen molar-refractivity contribution in [2.24, 2.45) is 17.8 Å². The van der Waals surface area contributed by atoms with Crippen LogP contribution in [-0.4, -0.2) is 0 Å². The van der Waals surface area contributed by atoms with Gasteiger partial charge in [-0.25, -0.2) is 0 Å². The molecule has 0 spiro atoms. The normalized spacial score (nSPS) is 14.3. The molecule has 0 aromatic heterocycles. The lowest BCUT2D eigenvalue weighted by molar-refractivity contribution is 0.459. The van der Waals surface area contributed by atoms with Crippen molar-refractivity contribution in [1.29, 1.82) is 0 Å². The van der Waals surface area contributed by atoms with Crippen molar-refractivity contribution in [3.63, 3.8) is 0 Å². The van der Waals surface area contributed by atoms with Crippen molar-refractivity contribution in [2.75, 3.05) is 0 Å². The first-order chi connectivity index (χ1) is 9.42. The molecule has 0 amide bonds. The zero-order valence-electron chi connectivity index (χ0n) is 14.9. The molecule has 0 N–H and O–H groups in total. The molecule has 0 radical (unpaired) electrons. The zero-order chi connectivity index (χ0) is 15.5. The highest BCUT2D eigenvalue weighted by atomic mass is 14.1. The van der Waals surface area contributed by atoms with Gasteiger partial charge in [0.15, 0.2) is 0 Å². The first-order valence-electron chi connectivity index (χ1n) is 8.47. The van der Waals surface area contributed by atoms with E-state index in [2.05, 4.69) is 72.8 Å². The van der Waals surface area contributed by atoms with Gasteiger partial charge in [-0.15, -0.1) is 0 Å². The molecule has 0 unspecified atom stereocenters. The van der Waals surface area contributed by atoms with Crippen LogP contribution in [0, 0.1) is 17.8 Å². The van der Waals surface area contributed by atoms with Crippen LogP contribution in [0.4, 0.5) is 0 Å². The molecule has 0 aliphatic carbocycles. The van der Waals surface area contributed by atoms with E-state index in [1.807, 2.05) is 0 Å². The van der Waals surface area contributed by atoms with Crippen LogP contribution in [0.2, 0.25) is 0 Å². The van der Waals surface area contributed by atoms with Gasteiger partial charge in [-0.1, -0.05) is 84.3 Å². The van der Waals surface area contributed by atoms with Crippen LogP contribution < -0.4 is 0 Å². The summed E-state index contributed by atoms with van der Waals surface area (Å²) < 4.78 is 0. The average Bonchev–Trinajstić information content (AvgIpc) is 2.40. The van der Waals surface area contributed by atoms with E-state index >= 15 is 0 Å². The van der Waals surface area contributed by atoms with E-state index in [4.69, 9.17) is 0 Å². The Morgan fingerprint density at radius 3 is 2.00 bits per heavy atom. The second-order valence-electron chi connectivity index (χ2n) is 6.54. The Labute approximate surface area is 128 Å². The molecule has 0 fully saturated rings. The summed E-state index contributed by atoms with van der Waals surface area (Å²) in [6.45, 7) is 15.9. The predicted molar refractivity (Wildman–Crippen MR) is 94.0 cm³/mol. The van der Waals surface area contributed by atoms with Crippen molar-refractivity contribution in [3.8, 4) is 0 Å². The number of rotatable bonds is 9. The topological polar surface area (TPSA) is 0 Å². The molecule has 0 saturated heterocycles. The van der Waals surface area contributed by atoms with E-state index in [-0.39, 0.29) is 0 Å². The summed E-state index contributed by atoms with van der Waals surface area (Å²) in [5.41, 5.74) is 2.92. The lowest BCUT2D eigenvalue weighted by atomic mass is 9.95. The standard InChI is InChI=1S/C20H36/c1-8-19(9-2)13-11-15-20(17(5)6)14-10-12-18(7)16(3)4/h10,12,14-17,19H,8-9,11,13H2,1-7H3/b14-10-,18-12+,20-15-. The van der Waals surface area contributed by atoms with Crippen molar-refractivity contribution in [2.45, 2.75) is 74.1 Å². The molecule has 0 nitrogen and oxygen atoms in total. The van der Waals surface area contributed by atoms with Crippen LogP contribution in [0.5, 0.6) is 0 Å². The summed E-state index contributed by atoms with van der Waals surface area (Å²) in [5, 5.41) is 0. The van der Waals surface area contributed by atoms with Crippen LogP contribution in [0.3, 0.4) is 0 Å². The molecule has 0 rings (SSSR count). The van der Waals surface area contributed by atoms with E-state index in [1.165, 1.54) is 36.8 Å². The lowest BCUT2D eigenvalue weighted by Gasteiger charge is -2.11. The van der Waals surface area contributed by atoms with Crippen molar-refractivity contribution < 1.29 is 0 Å². The molecule has 0 aromatic rings. The molecular formula is C20H36. The van der Waals surface area contributed by atoms with E-state index in [0.29, 0.717) is 11.8 Å². The fraction of sp³-hybridized carbons (Fsp3) is 0.700. The summed E-state index contributed by atoms with van der Waals surface area (Å²) in [7, 11) is 0. The van der Waals surface area contributed by atoms with E-state index in [0.717, 1.165) is 5.92 Å². The summed E-state index contributed by atoms with van der Waals surface area (Å²) in [5.74, 6) is 2.15. The van der Waals surface area contributed by atoms with Gasteiger partial charge in [-0.05, 0) is 43.1 Å². The second kappa shape index (κ2) is 10.9. The van der Waals surface area contributed by atoms with Gasteiger partial charge >= 0.3 is 0 Å². The molecule has 0 heterocycles. The molecule has 20 heavy (non-hydrogen) atoms. The summed E-state index contributed by atoms with van der Waals surface area (Å²) in [4.78, 5) is 0. The van der Waals surface area contributed by atoms with Crippen molar-refractivity contribution >= 4 is 0 Å². The molecule has 0 aliphatic rings. The van der Waals surface area contributed by atoms with Gasteiger partial charge in [0.25, 0.3) is 0 Å². The average molecular weight is 277 g/mol. The summed E-state index contributed by atoms with van der Waals surface area (Å²) >= 11 is 0. The van der Waals surface area contributed by atoms with Crippen molar-refractivity contribution in [1.82, 2.24) is 0 Å². The fourth-order valence-electron chi connectivity index (χ4n) is 2.18. The Balaban J connectivity index is 4.57. The van der Waals surface area contributed by atoms with E-state index in [1.54, 1.807) is 0 Å². The monoisotopic (exact) mass is 276 g/mol. The fourth-order valence-corrected chi connectivity index (χ4v) is 2.18. The highest BCUT2D eigenvalue weighted by Gasteiger charge is 2.03. The van der Waals surface area contributed by atoms with Gasteiger partial charge in [-0.3, -0.25) is 0 Å². The first kappa shape index (κ1) is 19.2. The molecule has 116 valence electrons. The molecule has 0 aliphatic heterocycles. The SMILES string of the molecule is CCC(CC)CC/C=C(/C=C\C=C(/C)C(C)C)C(C)C. The minimum Gasteiger partial charge on any atom is -0.0810 e. The largest absolute Gasteiger partial charge is 0.0810 e. The predicted octanol–water partition coefficient (Wildman–Crippen LogP) is 6.94. The third kappa shape index (κ3) is 8.40. The lowest BCUT2D eigenvalue weighted by Crippen LogP contribution is -1.96. The van der Waals surface area contributed by atoms with Crippen LogP contribution in [-0.2, 0) is 0 Å². The van der Waals surface area contributed by atoms with Crippen LogP contribution in [0.25, 0.3) is 0 Å². The molecule has 0 saturated carbocycles. The third-order valence-electron chi connectivity index (χ3n) is 4.33. The minimum atomic E-state index is 0.612. The Kier molecular flexibility index (Phi) is 10.5. The van der Waals surface area contributed by atoms with Gasteiger partial charge in [-0.2, -0.15) is 0 Å². The Bertz CT molecular complexity index is 322. The molecular weight excluding hydrogens is 240 g/mol. The van der Waals surface area contributed by atoms with Gasteiger partial charge < -0.3 is 0 Å². The van der Waals surface area contributed by atoms with Crippen molar-refractivity contribution in [3.05, 3.63) is 35.5 Å². The van der Waals surface area contributed by atoms with Crippen LogP contribution in [0.1, 0.15) is 74.1 Å². The summed E-state index contributed by atoms with van der Waals surface area (Å²) in [6.07, 6.45) is 14.4. The van der Waals surface area contributed by atoms with E-state index in [9.17, 15) is 0 Å². The third-order valence-corrected chi connectivity index (χ3v) is 4.33. The number of hydrogen-bond donors (Lipinski definition) is 0. The van der Waals surface area contributed by atoms with E-state index < -0.39 is 0 Å². The van der Waals surface area contributed by atoms with Crippen LogP contribution in [0.15, 0.2) is 35.5 Å². The second-order valence-corrected chi connectivity index (χ2v) is 6.54. The van der Waals surface area contributed by atoms with Gasteiger partial charge in [0, 0.05) is 0 Å². The maximum absolute atomic E-state index is 2.44. The summed E-state index contributed by atoms with van der Waals surface area (Å²) in [6, 6.07) is 0. The maximum atomic E-state index is 2.44. The van der Waals surface area contributed by atoms with Crippen LogP contribution >= 0.6 is 0 Å². The van der Waals surface area contributed by atoms with Gasteiger partial charge in [0.2, 0.25) is 0 Å². The highest BCUT2D eigenvalue weighted by Crippen LogP contribution is 2.19. The Morgan fingerprint density at radius 2 is 1.55 bits per heavy atom. The number of allylic oxidation sites excluding steroid dienone is 6. The number of hydrogen-bond acceptors (Lipinski definition) is 0. The maximum Gasteiger partial charge on any atom is -0.0222 e.